The summed E-state index contributed by atoms with van der Waals surface area (Å²) in [4.78, 5) is 12.3. The van der Waals surface area contributed by atoms with Gasteiger partial charge in [-0.3, -0.25) is 4.79 Å². The zero-order valence-corrected chi connectivity index (χ0v) is 14.2. The molecule has 1 N–H and O–H groups in total. The van der Waals surface area contributed by atoms with Crippen LogP contribution in [0.3, 0.4) is 0 Å². The topological polar surface area (TPSA) is 55.8 Å². The maximum absolute atomic E-state index is 12.3. The Hall–Kier alpha value is -3.24. The summed E-state index contributed by atoms with van der Waals surface area (Å²) in [6.45, 7) is 0. The van der Waals surface area contributed by atoms with Gasteiger partial charge in [0.1, 0.15) is 23.0 Å². The highest BCUT2D eigenvalue weighted by atomic mass is 35.5. The number of halogens is 1. The quantitative estimate of drug-likeness (QED) is 0.627. The van der Waals surface area contributed by atoms with Crippen molar-refractivity contribution in [3.05, 3.63) is 88.6 Å². The fourth-order valence-corrected chi connectivity index (χ4v) is 2.72. The zero-order valence-electron chi connectivity index (χ0n) is 13.5. The van der Waals surface area contributed by atoms with E-state index in [0.717, 1.165) is 5.56 Å². The van der Waals surface area contributed by atoms with Crippen LogP contribution in [0.25, 0.3) is 6.08 Å². The van der Waals surface area contributed by atoms with Crippen LogP contribution in [-0.4, -0.2) is 10.9 Å². The third-order valence-electron chi connectivity index (χ3n) is 3.88. The van der Waals surface area contributed by atoms with E-state index in [0.29, 0.717) is 27.8 Å². The molecule has 0 aliphatic carbocycles. The molecule has 0 unspecified atom stereocenters. The van der Waals surface area contributed by atoms with Crippen molar-refractivity contribution < 1.29 is 19.4 Å². The summed E-state index contributed by atoms with van der Waals surface area (Å²) < 4.78 is 11.3. The standard InChI is InChI=1S/C21H13ClO4/c22-14-3-8-17(9-4-14)25-16-6-1-13(2-7-16)11-20-21(24)18-10-5-15(23)12-19(18)26-20/h1-12,23H/b20-11-. The van der Waals surface area contributed by atoms with E-state index in [1.807, 2.05) is 12.1 Å². The van der Waals surface area contributed by atoms with Crippen molar-refractivity contribution in [2.24, 2.45) is 0 Å². The van der Waals surface area contributed by atoms with Crippen LogP contribution in [0.5, 0.6) is 23.0 Å². The number of hydrogen-bond donors (Lipinski definition) is 1. The molecule has 0 atom stereocenters. The van der Waals surface area contributed by atoms with Crippen molar-refractivity contribution in [3.63, 3.8) is 0 Å². The number of carbonyl (C=O) groups excluding carboxylic acids is 1. The largest absolute Gasteiger partial charge is 0.508 e. The lowest BCUT2D eigenvalue weighted by atomic mass is 10.1. The van der Waals surface area contributed by atoms with Gasteiger partial charge in [-0.15, -0.1) is 0 Å². The number of ether oxygens (including phenoxy) is 2. The van der Waals surface area contributed by atoms with Gasteiger partial charge < -0.3 is 14.6 Å². The molecule has 0 fully saturated rings. The molecule has 1 aliphatic rings. The maximum Gasteiger partial charge on any atom is 0.231 e. The first-order chi connectivity index (χ1) is 12.6. The van der Waals surface area contributed by atoms with E-state index in [9.17, 15) is 9.90 Å². The Balaban J connectivity index is 1.52. The molecule has 0 saturated heterocycles. The van der Waals surface area contributed by atoms with E-state index in [1.54, 1.807) is 48.5 Å². The van der Waals surface area contributed by atoms with Gasteiger partial charge in [0.15, 0.2) is 5.76 Å². The van der Waals surface area contributed by atoms with Crippen molar-refractivity contribution in [2.45, 2.75) is 0 Å². The van der Waals surface area contributed by atoms with Crippen LogP contribution in [0, 0.1) is 0 Å². The first-order valence-corrected chi connectivity index (χ1v) is 8.27. The minimum absolute atomic E-state index is 0.0569. The van der Waals surface area contributed by atoms with Crippen molar-refractivity contribution in [2.75, 3.05) is 0 Å². The number of fused-ring (bicyclic) bond motifs is 1. The first kappa shape index (κ1) is 16.2. The van der Waals surface area contributed by atoms with Gasteiger partial charge in [0.2, 0.25) is 5.78 Å². The van der Waals surface area contributed by atoms with Crippen LogP contribution >= 0.6 is 11.6 Å². The van der Waals surface area contributed by atoms with E-state index in [2.05, 4.69) is 0 Å². The highest BCUT2D eigenvalue weighted by Crippen LogP contribution is 2.34. The Labute approximate surface area is 154 Å². The van der Waals surface area contributed by atoms with E-state index in [1.165, 1.54) is 12.1 Å². The molecule has 1 heterocycles. The molecule has 3 aromatic rings. The molecular weight excluding hydrogens is 352 g/mol. The number of rotatable bonds is 3. The van der Waals surface area contributed by atoms with Gasteiger partial charge in [-0.25, -0.2) is 0 Å². The predicted molar refractivity (Wildman–Crippen MR) is 99.0 cm³/mol. The average Bonchev–Trinajstić information content (AvgIpc) is 2.93. The minimum atomic E-state index is -0.207. The number of Topliss-reactive ketones (excluding diaryl/α,β-unsaturated/α-hetero) is 1. The SMILES string of the molecule is O=C1/C(=C/c2ccc(Oc3ccc(Cl)cc3)cc2)Oc2cc(O)ccc21. The average molecular weight is 365 g/mol. The summed E-state index contributed by atoms with van der Waals surface area (Å²) in [5, 5.41) is 10.1. The van der Waals surface area contributed by atoms with Crippen LogP contribution in [0.4, 0.5) is 0 Å². The minimum Gasteiger partial charge on any atom is -0.508 e. The lowest BCUT2D eigenvalue weighted by molar-refractivity contribution is 0.101. The molecule has 4 nitrogen and oxygen atoms in total. The van der Waals surface area contributed by atoms with E-state index in [4.69, 9.17) is 21.1 Å². The number of phenolic OH excluding ortho intramolecular Hbond substituents is 1. The maximum atomic E-state index is 12.3. The highest BCUT2D eigenvalue weighted by Gasteiger charge is 2.27. The van der Waals surface area contributed by atoms with Crippen molar-refractivity contribution in [1.29, 1.82) is 0 Å². The second-order valence-corrected chi connectivity index (χ2v) is 6.18. The lowest BCUT2D eigenvalue weighted by Crippen LogP contribution is -1.97. The molecule has 26 heavy (non-hydrogen) atoms. The molecule has 0 bridgehead atoms. The van der Waals surface area contributed by atoms with Crippen LogP contribution in [0.2, 0.25) is 5.02 Å². The molecule has 0 radical (unpaired) electrons. The van der Waals surface area contributed by atoms with Crippen LogP contribution < -0.4 is 9.47 Å². The number of benzene rings is 3. The monoisotopic (exact) mass is 364 g/mol. The summed E-state index contributed by atoms with van der Waals surface area (Å²) in [5.74, 6) is 1.79. The van der Waals surface area contributed by atoms with E-state index >= 15 is 0 Å². The Kier molecular flexibility index (Phi) is 4.11. The van der Waals surface area contributed by atoms with Crippen molar-refractivity contribution in [1.82, 2.24) is 0 Å². The first-order valence-electron chi connectivity index (χ1n) is 7.89. The third-order valence-corrected chi connectivity index (χ3v) is 4.13. The van der Waals surface area contributed by atoms with Gasteiger partial charge in [-0.05, 0) is 60.2 Å². The van der Waals surface area contributed by atoms with Gasteiger partial charge in [-0.2, -0.15) is 0 Å². The summed E-state index contributed by atoms with van der Waals surface area (Å²) in [5.41, 5.74) is 1.24. The second kappa shape index (κ2) is 6.58. The molecule has 128 valence electrons. The van der Waals surface area contributed by atoms with Gasteiger partial charge in [-0.1, -0.05) is 23.7 Å². The van der Waals surface area contributed by atoms with E-state index < -0.39 is 0 Å². The van der Waals surface area contributed by atoms with Crippen LogP contribution in [-0.2, 0) is 0 Å². The smallest absolute Gasteiger partial charge is 0.231 e. The number of ketones is 1. The summed E-state index contributed by atoms with van der Waals surface area (Å²) in [7, 11) is 0. The Morgan fingerprint density at radius 3 is 2.27 bits per heavy atom. The van der Waals surface area contributed by atoms with Crippen molar-refractivity contribution >= 4 is 23.5 Å². The fraction of sp³-hybridized carbons (Fsp3) is 0. The molecule has 5 heteroatoms. The Bertz CT molecular complexity index is 1010. The van der Waals surface area contributed by atoms with Gasteiger partial charge in [0.05, 0.1) is 5.56 Å². The van der Waals surface area contributed by atoms with Gasteiger partial charge in [0, 0.05) is 11.1 Å². The van der Waals surface area contributed by atoms with E-state index in [-0.39, 0.29) is 17.3 Å². The number of carbonyl (C=O) groups is 1. The van der Waals surface area contributed by atoms with Crippen molar-refractivity contribution in [3.8, 4) is 23.0 Å². The highest BCUT2D eigenvalue weighted by molar-refractivity contribution is 6.30. The number of hydrogen-bond acceptors (Lipinski definition) is 4. The Morgan fingerprint density at radius 2 is 1.58 bits per heavy atom. The van der Waals surface area contributed by atoms with Gasteiger partial charge in [0.25, 0.3) is 0 Å². The zero-order chi connectivity index (χ0) is 18.1. The second-order valence-electron chi connectivity index (χ2n) is 5.75. The molecule has 0 amide bonds. The summed E-state index contributed by atoms with van der Waals surface area (Å²) in [6, 6.07) is 18.8. The molecule has 0 aromatic heterocycles. The normalized spacial score (nSPS) is 14.2. The fourth-order valence-electron chi connectivity index (χ4n) is 2.60. The van der Waals surface area contributed by atoms with Crippen LogP contribution in [0.15, 0.2) is 72.5 Å². The number of aromatic hydroxyl groups is 1. The van der Waals surface area contributed by atoms with Crippen LogP contribution in [0.1, 0.15) is 15.9 Å². The molecular formula is C21H13ClO4. The Morgan fingerprint density at radius 1 is 0.923 bits per heavy atom. The summed E-state index contributed by atoms with van der Waals surface area (Å²) in [6.07, 6.45) is 1.66. The number of allylic oxidation sites excluding steroid dienone is 1. The lowest BCUT2D eigenvalue weighted by Gasteiger charge is -2.06. The predicted octanol–water partition coefficient (Wildman–Crippen LogP) is 5.45. The molecule has 0 spiro atoms. The molecule has 0 saturated carbocycles. The third kappa shape index (κ3) is 3.27. The molecule has 3 aromatic carbocycles. The molecule has 4 rings (SSSR count). The van der Waals surface area contributed by atoms with Gasteiger partial charge >= 0.3 is 0 Å². The molecule has 1 aliphatic heterocycles. The summed E-state index contributed by atoms with van der Waals surface area (Å²) >= 11 is 5.86. The number of phenols is 1.